The molecule has 0 aliphatic rings. The minimum atomic E-state index is -1.21. The fourth-order valence-electron chi connectivity index (χ4n) is 4.61. The van der Waals surface area contributed by atoms with Crippen LogP contribution in [0.2, 0.25) is 5.02 Å². The van der Waals surface area contributed by atoms with Gasteiger partial charge in [-0.2, -0.15) is 0 Å². The number of nitrogens with zero attached hydrogens (tertiary/aromatic N) is 5. The molecule has 0 saturated heterocycles. The number of methoxy groups -OCH3 is 1. The third-order valence-corrected chi connectivity index (χ3v) is 8.05. The number of aromatic nitrogens is 4. The van der Waals surface area contributed by atoms with Crippen molar-refractivity contribution in [2.45, 2.75) is 51.9 Å². The van der Waals surface area contributed by atoms with Gasteiger partial charge < -0.3 is 19.7 Å². The molecule has 224 valence electrons. The third-order valence-electron chi connectivity index (χ3n) is 6.78. The van der Waals surface area contributed by atoms with Crippen LogP contribution in [0.4, 0.5) is 14.9 Å². The van der Waals surface area contributed by atoms with Crippen molar-refractivity contribution in [3.8, 4) is 22.2 Å². The number of anilines is 1. The molecule has 0 saturated carbocycles. The number of hydrogen-bond donors (Lipinski definition) is 2. The van der Waals surface area contributed by atoms with Gasteiger partial charge in [0.1, 0.15) is 11.1 Å². The molecule has 0 aliphatic heterocycles. The van der Waals surface area contributed by atoms with Gasteiger partial charge in [0.15, 0.2) is 11.6 Å². The number of rotatable bonds is 9. The van der Waals surface area contributed by atoms with E-state index in [1.165, 1.54) is 36.9 Å². The standard InChI is InChI=1S/C30H29ClFN5O5S/c1-15(37(29(38)39)19-7-6-18(33-13-19)12-30(3,4)40)16(2)42-24-11-25-22(10-21(24)32)36-28(43-25)20-8-17(31)9-23-27(20)34-14-26(35-23)41-5/h6-11,13-16,40H,12H2,1-5H3,(H,38,39). The quantitative estimate of drug-likeness (QED) is 0.182. The predicted octanol–water partition coefficient (Wildman–Crippen LogP) is 6.76. The van der Waals surface area contributed by atoms with Crippen LogP contribution < -0.4 is 14.4 Å². The number of pyridine rings is 1. The van der Waals surface area contributed by atoms with Gasteiger partial charge in [-0.15, -0.1) is 11.3 Å². The van der Waals surface area contributed by atoms with E-state index >= 15 is 4.39 Å². The Labute approximate surface area is 255 Å². The molecule has 3 heterocycles. The van der Waals surface area contributed by atoms with E-state index in [4.69, 9.17) is 21.1 Å². The molecular formula is C30H29ClFN5O5S. The molecule has 0 radical (unpaired) electrons. The smallest absolute Gasteiger partial charge is 0.412 e. The van der Waals surface area contributed by atoms with Crippen molar-refractivity contribution in [2.75, 3.05) is 12.0 Å². The second kappa shape index (κ2) is 11.9. The van der Waals surface area contributed by atoms with E-state index in [2.05, 4.69) is 19.9 Å². The number of thiazole rings is 1. The predicted molar refractivity (Wildman–Crippen MR) is 164 cm³/mol. The molecule has 13 heteroatoms. The normalized spacial score (nSPS) is 13.2. The molecule has 2 atom stereocenters. The maximum atomic E-state index is 15.2. The van der Waals surface area contributed by atoms with Crippen LogP contribution in [0.15, 0.2) is 48.8 Å². The van der Waals surface area contributed by atoms with Crippen molar-refractivity contribution in [1.29, 1.82) is 0 Å². The number of fused-ring (bicyclic) bond motifs is 2. The summed E-state index contributed by atoms with van der Waals surface area (Å²) in [5.41, 5.74) is 2.16. The van der Waals surface area contributed by atoms with Crippen LogP contribution in [0.5, 0.6) is 11.6 Å². The molecule has 2 aromatic carbocycles. The highest BCUT2D eigenvalue weighted by molar-refractivity contribution is 7.21. The van der Waals surface area contributed by atoms with E-state index in [0.29, 0.717) is 60.5 Å². The number of benzene rings is 2. The van der Waals surface area contributed by atoms with Gasteiger partial charge in [-0.05, 0) is 52.0 Å². The summed E-state index contributed by atoms with van der Waals surface area (Å²) >= 11 is 7.67. The number of carboxylic acid groups (broad SMARTS) is 1. The molecular weight excluding hydrogens is 597 g/mol. The maximum Gasteiger partial charge on any atom is 0.412 e. The van der Waals surface area contributed by atoms with Crippen molar-refractivity contribution >= 4 is 56.0 Å². The second-order valence-corrected chi connectivity index (χ2v) is 12.2. The SMILES string of the molecule is COc1cnc2c(-c3nc4cc(F)c(OC(C)C(C)N(C(=O)O)c5ccc(CC(C)(C)O)nc5)cc4s3)cc(Cl)cc2n1. The first-order valence-electron chi connectivity index (χ1n) is 13.3. The molecule has 43 heavy (non-hydrogen) atoms. The molecule has 0 aliphatic carbocycles. The van der Waals surface area contributed by atoms with Crippen LogP contribution in [-0.2, 0) is 6.42 Å². The van der Waals surface area contributed by atoms with Gasteiger partial charge in [0.05, 0.1) is 58.1 Å². The Morgan fingerprint density at radius 2 is 1.88 bits per heavy atom. The molecule has 3 aromatic heterocycles. The summed E-state index contributed by atoms with van der Waals surface area (Å²) in [6.07, 6.45) is 1.30. The molecule has 2 N–H and O–H groups in total. The number of aliphatic hydroxyl groups is 1. The maximum absolute atomic E-state index is 15.2. The largest absolute Gasteiger partial charge is 0.485 e. The summed E-state index contributed by atoms with van der Waals surface area (Å²) in [6, 6.07) is 8.82. The molecule has 5 rings (SSSR count). The molecule has 10 nitrogen and oxygen atoms in total. The Bertz CT molecular complexity index is 1810. The van der Waals surface area contributed by atoms with Crippen LogP contribution in [0.25, 0.3) is 31.8 Å². The fourth-order valence-corrected chi connectivity index (χ4v) is 5.81. The van der Waals surface area contributed by atoms with Gasteiger partial charge in [0.2, 0.25) is 5.88 Å². The van der Waals surface area contributed by atoms with Crippen molar-refractivity contribution in [1.82, 2.24) is 19.9 Å². The van der Waals surface area contributed by atoms with Gasteiger partial charge in [0.25, 0.3) is 0 Å². The lowest BCUT2D eigenvalue weighted by molar-refractivity contribution is 0.0799. The van der Waals surface area contributed by atoms with Gasteiger partial charge in [-0.25, -0.2) is 24.1 Å². The summed E-state index contributed by atoms with van der Waals surface area (Å²) in [7, 11) is 1.50. The van der Waals surface area contributed by atoms with Crippen molar-refractivity contribution in [3.63, 3.8) is 0 Å². The minimum Gasteiger partial charge on any atom is -0.485 e. The summed E-state index contributed by atoms with van der Waals surface area (Å²) < 4.78 is 27.0. The molecule has 2 unspecified atom stereocenters. The average molecular weight is 626 g/mol. The van der Waals surface area contributed by atoms with Crippen LogP contribution in [0.3, 0.4) is 0 Å². The zero-order valence-corrected chi connectivity index (χ0v) is 25.6. The van der Waals surface area contributed by atoms with Crippen LogP contribution in [-0.4, -0.2) is 61.1 Å². The Morgan fingerprint density at radius 1 is 1.12 bits per heavy atom. The van der Waals surface area contributed by atoms with Gasteiger partial charge in [0, 0.05) is 34.8 Å². The molecule has 0 fully saturated rings. The fraction of sp³-hybridized carbons (Fsp3) is 0.300. The molecule has 0 spiro atoms. The number of amides is 1. The summed E-state index contributed by atoms with van der Waals surface area (Å²) in [4.78, 5) is 31.1. The minimum absolute atomic E-state index is 0.0356. The van der Waals surface area contributed by atoms with Crippen molar-refractivity contribution < 1.29 is 28.9 Å². The molecule has 0 bridgehead atoms. The molecule has 5 aromatic rings. The first kappa shape index (κ1) is 30.3. The Kier molecular flexibility index (Phi) is 8.37. The Hall–Kier alpha value is -4.13. The highest BCUT2D eigenvalue weighted by Gasteiger charge is 2.29. The summed E-state index contributed by atoms with van der Waals surface area (Å²) in [5.74, 6) is -0.326. The lowest BCUT2D eigenvalue weighted by atomic mass is 10.0. The van der Waals surface area contributed by atoms with Gasteiger partial charge in [-0.1, -0.05) is 11.6 Å². The van der Waals surface area contributed by atoms with Crippen LogP contribution in [0.1, 0.15) is 33.4 Å². The van der Waals surface area contributed by atoms with E-state index < -0.39 is 29.7 Å². The van der Waals surface area contributed by atoms with E-state index in [0.717, 1.165) is 4.90 Å². The average Bonchev–Trinajstić information content (AvgIpc) is 3.34. The van der Waals surface area contributed by atoms with Gasteiger partial charge in [-0.3, -0.25) is 9.88 Å². The zero-order chi connectivity index (χ0) is 31.1. The van der Waals surface area contributed by atoms with Gasteiger partial charge >= 0.3 is 6.09 Å². The van der Waals surface area contributed by atoms with Crippen molar-refractivity contribution in [3.05, 3.63) is 65.3 Å². The second-order valence-electron chi connectivity index (χ2n) is 10.7. The van der Waals surface area contributed by atoms with E-state index in [1.54, 1.807) is 58.0 Å². The monoisotopic (exact) mass is 625 g/mol. The van der Waals surface area contributed by atoms with Crippen LogP contribution >= 0.6 is 22.9 Å². The summed E-state index contributed by atoms with van der Waals surface area (Å²) in [6.45, 7) is 6.68. The first-order valence-corrected chi connectivity index (χ1v) is 14.5. The number of ether oxygens (including phenoxy) is 2. The van der Waals surface area contributed by atoms with E-state index in [-0.39, 0.29) is 5.75 Å². The van der Waals surface area contributed by atoms with Crippen LogP contribution in [0, 0.1) is 5.82 Å². The van der Waals surface area contributed by atoms with Crippen molar-refractivity contribution in [2.24, 2.45) is 0 Å². The first-order chi connectivity index (χ1) is 20.3. The number of hydrogen-bond acceptors (Lipinski definition) is 9. The highest BCUT2D eigenvalue weighted by atomic mass is 35.5. The van der Waals surface area contributed by atoms with E-state index in [1.807, 2.05) is 0 Å². The summed E-state index contributed by atoms with van der Waals surface area (Å²) in [5, 5.41) is 21.0. The highest BCUT2D eigenvalue weighted by Crippen LogP contribution is 2.38. The third kappa shape index (κ3) is 6.61. The number of carbonyl (C=O) groups is 1. The lowest BCUT2D eigenvalue weighted by Gasteiger charge is -2.31. The zero-order valence-electron chi connectivity index (χ0n) is 24.0. The number of halogens is 2. The Balaban J connectivity index is 1.41. The van der Waals surface area contributed by atoms with E-state index in [9.17, 15) is 15.0 Å². The molecule has 1 amide bonds. The lowest BCUT2D eigenvalue weighted by Crippen LogP contribution is -2.46. The topological polar surface area (TPSA) is 131 Å². The Morgan fingerprint density at radius 3 is 2.53 bits per heavy atom.